The lowest BCUT2D eigenvalue weighted by molar-refractivity contribution is -0.137. The standard InChI is InChI=1S/C20H23ClF3N7O2/c1-30(2)18-28-16(25)15-17(29-18)31(11-27-15)7-3-4-8-33-19(32)26-10-12-5-6-14(21)13(9-12)20(22,23)24/h5-6,9,11H,3-4,7-8,10H2,1-2H3,(H,26,32)(H2,25,28,29). The molecule has 2 aromatic heterocycles. The normalized spacial score (nSPS) is 11.6. The number of anilines is 2. The van der Waals surface area contributed by atoms with Gasteiger partial charge in [-0.25, -0.2) is 9.78 Å². The van der Waals surface area contributed by atoms with E-state index in [2.05, 4.69) is 20.3 Å². The number of carbonyl (C=O) groups excluding carboxylic acids is 1. The third kappa shape index (κ3) is 6.15. The number of nitrogens with zero attached hydrogens (tertiary/aromatic N) is 5. The van der Waals surface area contributed by atoms with Gasteiger partial charge in [0.2, 0.25) is 5.95 Å². The zero-order chi connectivity index (χ0) is 24.2. The van der Waals surface area contributed by atoms with Crippen molar-refractivity contribution < 1.29 is 22.7 Å². The van der Waals surface area contributed by atoms with Crippen LogP contribution in [-0.4, -0.2) is 46.3 Å². The van der Waals surface area contributed by atoms with Crippen LogP contribution in [0.4, 0.5) is 29.7 Å². The van der Waals surface area contributed by atoms with Gasteiger partial charge in [-0.2, -0.15) is 23.1 Å². The van der Waals surface area contributed by atoms with Crippen LogP contribution in [0.3, 0.4) is 0 Å². The number of alkyl carbamates (subject to hydrolysis) is 1. The number of fused-ring (bicyclic) bond motifs is 1. The molecule has 9 nitrogen and oxygen atoms in total. The van der Waals surface area contributed by atoms with Crippen molar-refractivity contribution >= 4 is 40.6 Å². The summed E-state index contributed by atoms with van der Waals surface area (Å²) in [6.45, 7) is 0.609. The predicted molar refractivity (Wildman–Crippen MR) is 118 cm³/mol. The highest BCUT2D eigenvalue weighted by molar-refractivity contribution is 6.31. The van der Waals surface area contributed by atoms with Crippen LogP contribution in [-0.2, 0) is 24.0 Å². The van der Waals surface area contributed by atoms with Crippen molar-refractivity contribution in [3.05, 3.63) is 40.7 Å². The fourth-order valence-corrected chi connectivity index (χ4v) is 3.22. The Labute approximate surface area is 192 Å². The van der Waals surface area contributed by atoms with Gasteiger partial charge < -0.3 is 25.3 Å². The van der Waals surface area contributed by atoms with Crippen LogP contribution in [0.1, 0.15) is 24.0 Å². The van der Waals surface area contributed by atoms with Crippen LogP contribution in [0.5, 0.6) is 0 Å². The maximum absolute atomic E-state index is 12.9. The summed E-state index contributed by atoms with van der Waals surface area (Å²) in [6, 6.07) is 3.45. The molecule has 0 aliphatic heterocycles. The summed E-state index contributed by atoms with van der Waals surface area (Å²) < 4.78 is 45.7. The number of unbranched alkanes of at least 4 members (excludes halogenated alkanes) is 1. The van der Waals surface area contributed by atoms with E-state index in [4.69, 9.17) is 22.1 Å². The van der Waals surface area contributed by atoms with Crippen LogP contribution in [0.2, 0.25) is 5.02 Å². The number of benzene rings is 1. The Kier molecular flexibility index (Phi) is 7.46. The molecule has 0 aliphatic carbocycles. The van der Waals surface area contributed by atoms with E-state index in [0.717, 1.165) is 12.1 Å². The number of nitrogen functional groups attached to an aromatic ring is 1. The van der Waals surface area contributed by atoms with Gasteiger partial charge in [-0.3, -0.25) is 0 Å². The summed E-state index contributed by atoms with van der Waals surface area (Å²) in [4.78, 5) is 26.5. The minimum absolute atomic E-state index is 0.116. The zero-order valence-corrected chi connectivity index (χ0v) is 18.7. The Morgan fingerprint density at radius 3 is 2.73 bits per heavy atom. The first-order valence-corrected chi connectivity index (χ1v) is 10.4. The van der Waals surface area contributed by atoms with Gasteiger partial charge in [-0.15, -0.1) is 0 Å². The van der Waals surface area contributed by atoms with E-state index in [0.29, 0.717) is 42.3 Å². The first kappa shape index (κ1) is 24.4. The first-order chi connectivity index (χ1) is 15.6. The minimum atomic E-state index is -4.57. The Morgan fingerprint density at radius 2 is 2.03 bits per heavy atom. The van der Waals surface area contributed by atoms with Crippen LogP contribution in [0.25, 0.3) is 11.2 Å². The number of hydrogen-bond acceptors (Lipinski definition) is 7. The number of carbonyl (C=O) groups is 1. The number of alkyl halides is 3. The highest BCUT2D eigenvalue weighted by Crippen LogP contribution is 2.35. The Bertz CT molecular complexity index is 1130. The van der Waals surface area contributed by atoms with E-state index in [-0.39, 0.29) is 18.7 Å². The summed E-state index contributed by atoms with van der Waals surface area (Å²) in [5.41, 5.74) is 6.39. The fourth-order valence-electron chi connectivity index (χ4n) is 2.99. The molecule has 0 radical (unpaired) electrons. The molecule has 0 aliphatic rings. The molecule has 0 unspecified atom stereocenters. The van der Waals surface area contributed by atoms with Gasteiger partial charge in [-0.1, -0.05) is 17.7 Å². The molecule has 3 aromatic rings. The summed E-state index contributed by atoms with van der Waals surface area (Å²) in [5.74, 6) is 0.773. The molecule has 13 heteroatoms. The second-order valence-corrected chi connectivity index (χ2v) is 7.83. The topological polar surface area (TPSA) is 111 Å². The van der Waals surface area contributed by atoms with E-state index in [1.807, 2.05) is 18.7 Å². The molecule has 0 fully saturated rings. The third-order valence-electron chi connectivity index (χ3n) is 4.68. The van der Waals surface area contributed by atoms with Gasteiger partial charge in [0.25, 0.3) is 0 Å². The number of amides is 1. The lowest BCUT2D eigenvalue weighted by Gasteiger charge is -2.12. The van der Waals surface area contributed by atoms with Crippen LogP contribution in [0, 0.1) is 0 Å². The lowest BCUT2D eigenvalue weighted by Crippen LogP contribution is -2.24. The molecule has 178 valence electrons. The molecule has 0 atom stereocenters. The Balaban J connectivity index is 1.44. The number of aryl methyl sites for hydroxylation is 1. The lowest BCUT2D eigenvalue weighted by atomic mass is 10.1. The SMILES string of the molecule is CN(C)c1nc(N)c2ncn(CCCCOC(=O)NCc3ccc(Cl)c(C(F)(F)F)c3)c2n1. The van der Waals surface area contributed by atoms with E-state index < -0.39 is 22.9 Å². The highest BCUT2D eigenvalue weighted by Gasteiger charge is 2.33. The Morgan fingerprint density at radius 1 is 1.27 bits per heavy atom. The van der Waals surface area contributed by atoms with Gasteiger partial charge in [0, 0.05) is 27.2 Å². The summed E-state index contributed by atoms with van der Waals surface area (Å²) in [5, 5.41) is 2.03. The third-order valence-corrected chi connectivity index (χ3v) is 5.01. The molecular weight excluding hydrogens is 463 g/mol. The maximum atomic E-state index is 12.9. The number of ether oxygens (including phenoxy) is 1. The van der Waals surface area contributed by atoms with E-state index in [1.165, 1.54) is 6.07 Å². The number of nitrogens with one attached hydrogen (secondary N) is 1. The van der Waals surface area contributed by atoms with Crippen molar-refractivity contribution in [1.82, 2.24) is 24.8 Å². The van der Waals surface area contributed by atoms with Crippen LogP contribution < -0.4 is 16.0 Å². The molecule has 1 aromatic carbocycles. The molecule has 33 heavy (non-hydrogen) atoms. The molecule has 1 amide bonds. The number of aromatic nitrogens is 4. The van der Waals surface area contributed by atoms with Gasteiger partial charge in [0.15, 0.2) is 11.5 Å². The van der Waals surface area contributed by atoms with Crippen molar-refractivity contribution in [2.24, 2.45) is 0 Å². The van der Waals surface area contributed by atoms with Crippen molar-refractivity contribution in [3.63, 3.8) is 0 Å². The Hall–Kier alpha value is -3.28. The molecule has 0 saturated carbocycles. The summed E-state index contributed by atoms with van der Waals surface area (Å²) in [6.07, 6.45) is -2.42. The molecule has 0 bridgehead atoms. The number of nitrogens with two attached hydrogens (primary N) is 1. The first-order valence-electron chi connectivity index (χ1n) is 9.98. The smallest absolute Gasteiger partial charge is 0.417 e. The highest BCUT2D eigenvalue weighted by atomic mass is 35.5. The van der Waals surface area contributed by atoms with Gasteiger partial charge >= 0.3 is 12.3 Å². The average molecular weight is 486 g/mol. The molecule has 3 N–H and O–H groups in total. The monoisotopic (exact) mass is 485 g/mol. The van der Waals surface area contributed by atoms with Gasteiger partial charge in [-0.05, 0) is 30.5 Å². The number of hydrogen-bond donors (Lipinski definition) is 2. The number of imidazole rings is 1. The average Bonchev–Trinajstić information content (AvgIpc) is 3.15. The van der Waals surface area contributed by atoms with Crippen LogP contribution in [0.15, 0.2) is 24.5 Å². The second-order valence-electron chi connectivity index (χ2n) is 7.42. The molecule has 3 rings (SSSR count). The minimum Gasteiger partial charge on any atom is -0.450 e. The summed E-state index contributed by atoms with van der Waals surface area (Å²) in [7, 11) is 3.62. The molecule has 0 spiro atoms. The molecular formula is C20H23ClF3N7O2. The van der Waals surface area contributed by atoms with E-state index >= 15 is 0 Å². The quantitative estimate of drug-likeness (QED) is 0.466. The van der Waals surface area contributed by atoms with Crippen molar-refractivity contribution in [1.29, 1.82) is 0 Å². The van der Waals surface area contributed by atoms with Crippen molar-refractivity contribution in [3.8, 4) is 0 Å². The van der Waals surface area contributed by atoms with E-state index in [1.54, 1.807) is 11.2 Å². The molecule has 0 saturated heterocycles. The van der Waals surface area contributed by atoms with Crippen molar-refractivity contribution in [2.75, 3.05) is 31.3 Å². The number of halogens is 4. The van der Waals surface area contributed by atoms with Gasteiger partial charge in [0.05, 0.1) is 23.5 Å². The van der Waals surface area contributed by atoms with Crippen molar-refractivity contribution in [2.45, 2.75) is 32.1 Å². The zero-order valence-electron chi connectivity index (χ0n) is 18.0. The number of rotatable bonds is 8. The van der Waals surface area contributed by atoms with Gasteiger partial charge in [0.1, 0.15) is 5.52 Å². The maximum Gasteiger partial charge on any atom is 0.417 e. The van der Waals surface area contributed by atoms with Crippen LogP contribution >= 0.6 is 11.6 Å². The fraction of sp³-hybridized carbons (Fsp3) is 0.400. The second kappa shape index (κ2) is 10.1. The summed E-state index contributed by atoms with van der Waals surface area (Å²) >= 11 is 5.59. The largest absolute Gasteiger partial charge is 0.450 e. The van der Waals surface area contributed by atoms with E-state index in [9.17, 15) is 18.0 Å². The predicted octanol–water partition coefficient (Wildman–Crippen LogP) is 3.85. The molecule has 2 heterocycles.